The van der Waals surface area contributed by atoms with Gasteiger partial charge in [-0.3, -0.25) is 0 Å². The zero-order valence-electron chi connectivity index (χ0n) is 6.72. The zero-order chi connectivity index (χ0) is 7.15. The smallest absolute Gasteiger partial charge is 0.00179 e. The van der Waals surface area contributed by atoms with E-state index in [1.165, 1.54) is 0 Å². The molecule has 0 amide bonds. The molecule has 0 saturated heterocycles. The van der Waals surface area contributed by atoms with Gasteiger partial charge in [0.1, 0.15) is 0 Å². The second-order valence-corrected chi connectivity index (χ2v) is 2.49. The van der Waals surface area contributed by atoms with Gasteiger partial charge in [0.05, 0.1) is 0 Å². The molecule has 0 aromatic rings. The standard InChI is InChI=1S/2C3H9N.ClH/c2*1-3(2)4;/h2*3H,4H2,1-2H3;1H. The van der Waals surface area contributed by atoms with E-state index < -0.39 is 0 Å². The molecule has 0 aliphatic carbocycles. The molecule has 3 heteroatoms. The molecule has 0 aliphatic rings. The number of nitrogens with two attached hydrogens (primary N) is 2. The van der Waals surface area contributed by atoms with Gasteiger partial charge in [-0.25, -0.2) is 0 Å². The number of halogens is 1. The summed E-state index contributed by atoms with van der Waals surface area (Å²) < 4.78 is 0. The highest BCUT2D eigenvalue weighted by Crippen LogP contribution is 1.58. The monoisotopic (exact) mass is 154 g/mol. The summed E-state index contributed by atoms with van der Waals surface area (Å²) in [5.74, 6) is 0. The fourth-order valence-electron chi connectivity index (χ4n) is 0. The molecule has 4 N–H and O–H groups in total. The lowest BCUT2D eigenvalue weighted by atomic mass is 10.4. The van der Waals surface area contributed by atoms with E-state index in [4.69, 9.17) is 11.5 Å². The lowest BCUT2D eigenvalue weighted by Crippen LogP contribution is -2.07. The van der Waals surface area contributed by atoms with Crippen LogP contribution in [0, 0.1) is 0 Å². The molecular weight excluding hydrogens is 136 g/mol. The van der Waals surface area contributed by atoms with E-state index in [0.717, 1.165) is 0 Å². The second kappa shape index (κ2) is 11.1. The van der Waals surface area contributed by atoms with E-state index in [0.29, 0.717) is 12.1 Å². The third-order valence-electron chi connectivity index (χ3n) is 0. The van der Waals surface area contributed by atoms with Crippen molar-refractivity contribution in [2.45, 2.75) is 39.8 Å². The number of rotatable bonds is 0. The summed E-state index contributed by atoms with van der Waals surface area (Å²) >= 11 is 0. The summed E-state index contributed by atoms with van der Waals surface area (Å²) in [7, 11) is 0. The molecule has 0 aromatic carbocycles. The molecule has 0 aliphatic heterocycles. The van der Waals surface area contributed by atoms with E-state index >= 15 is 0 Å². The molecule has 0 heterocycles. The van der Waals surface area contributed by atoms with Gasteiger partial charge in [0.15, 0.2) is 0 Å². The minimum absolute atomic E-state index is 0. The molecule has 0 fully saturated rings. The summed E-state index contributed by atoms with van der Waals surface area (Å²) in [5, 5.41) is 0. The fourth-order valence-corrected chi connectivity index (χ4v) is 0. The first-order valence-electron chi connectivity index (χ1n) is 2.98. The first-order chi connectivity index (χ1) is 3.46. The number of hydrogen-bond donors (Lipinski definition) is 2. The minimum atomic E-state index is 0. The van der Waals surface area contributed by atoms with E-state index in [-0.39, 0.29) is 12.4 Å². The predicted octanol–water partition coefficient (Wildman–Crippen LogP) is 1.13. The largest absolute Gasteiger partial charge is 0.328 e. The first kappa shape index (κ1) is 16.1. The highest BCUT2D eigenvalue weighted by Gasteiger charge is 1.67. The molecule has 0 saturated carbocycles. The molecule has 0 atom stereocenters. The lowest BCUT2D eigenvalue weighted by Gasteiger charge is -1.81. The molecule has 9 heavy (non-hydrogen) atoms. The maximum atomic E-state index is 5.11. The van der Waals surface area contributed by atoms with Crippen molar-refractivity contribution in [3.63, 3.8) is 0 Å². The average Bonchev–Trinajstić information content (AvgIpc) is 1.25. The Morgan fingerprint density at radius 3 is 0.778 bits per heavy atom. The van der Waals surface area contributed by atoms with Crippen LogP contribution in [0.15, 0.2) is 0 Å². The topological polar surface area (TPSA) is 52.0 Å². The molecule has 0 bridgehead atoms. The Hall–Kier alpha value is 0.210. The fraction of sp³-hybridized carbons (Fsp3) is 1.00. The van der Waals surface area contributed by atoms with Gasteiger partial charge in [-0.1, -0.05) is 27.7 Å². The Balaban J connectivity index is -0.0000000720. The van der Waals surface area contributed by atoms with Crippen LogP contribution in [-0.4, -0.2) is 12.1 Å². The van der Waals surface area contributed by atoms with Gasteiger partial charge in [0, 0.05) is 0 Å². The summed E-state index contributed by atoms with van der Waals surface area (Å²) in [4.78, 5) is 0. The van der Waals surface area contributed by atoms with Crippen molar-refractivity contribution in [1.82, 2.24) is 0 Å². The Morgan fingerprint density at radius 1 is 0.778 bits per heavy atom. The van der Waals surface area contributed by atoms with Crippen molar-refractivity contribution in [3.8, 4) is 0 Å². The van der Waals surface area contributed by atoms with Crippen LogP contribution >= 0.6 is 12.4 Å². The van der Waals surface area contributed by atoms with Crippen molar-refractivity contribution >= 4 is 12.4 Å². The van der Waals surface area contributed by atoms with Crippen molar-refractivity contribution in [3.05, 3.63) is 0 Å². The van der Waals surface area contributed by atoms with Gasteiger partial charge < -0.3 is 11.5 Å². The Morgan fingerprint density at radius 2 is 0.778 bits per heavy atom. The van der Waals surface area contributed by atoms with Crippen molar-refractivity contribution < 1.29 is 0 Å². The van der Waals surface area contributed by atoms with Crippen molar-refractivity contribution in [2.75, 3.05) is 0 Å². The average molecular weight is 155 g/mol. The SMILES string of the molecule is CC(C)N.CC(C)N.Cl. The maximum absolute atomic E-state index is 5.11. The van der Waals surface area contributed by atoms with Crippen LogP contribution in [0.3, 0.4) is 0 Å². The predicted molar refractivity (Wildman–Crippen MR) is 45.9 cm³/mol. The molecule has 0 unspecified atom stereocenters. The molecule has 0 radical (unpaired) electrons. The van der Waals surface area contributed by atoms with Crippen molar-refractivity contribution in [2.24, 2.45) is 11.5 Å². The van der Waals surface area contributed by atoms with E-state index in [1.807, 2.05) is 27.7 Å². The highest BCUT2D eigenvalue weighted by molar-refractivity contribution is 5.85. The van der Waals surface area contributed by atoms with Crippen molar-refractivity contribution in [1.29, 1.82) is 0 Å². The van der Waals surface area contributed by atoms with E-state index in [9.17, 15) is 0 Å². The number of hydrogen-bond acceptors (Lipinski definition) is 2. The molecular formula is C6H19ClN2. The normalized spacial score (nSPS) is 8.00. The first-order valence-corrected chi connectivity index (χ1v) is 2.98. The molecule has 0 rings (SSSR count). The van der Waals surface area contributed by atoms with Crippen LogP contribution in [0.2, 0.25) is 0 Å². The third-order valence-corrected chi connectivity index (χ3v) is 0. The summed E-state index contributed by atoms with van der Waals surface area (Å²) in [6, 6.07) is 0.667. The maximum Gasteiger partial charge on any atom is -0.00179 e. The van der Waals surface area contributed by atoms with E-state index in [1.54, 1.807) is 0 Å². The summed E-state index contributed by atoms with van der Waals surface area (Å²) in [6.45, 7) is 7.78. The molecule has 2 nitrogen and oxygen atoms in total. The Kier molecular flexibility index (Phi) is 19.8. The molecule has 0 aromatic heterocycles. The lowest BCUT2D eigenvalue weighted by molar-refractivity contribution is 0.834. The van der Waals surface area contributed by atoms with Gasteiger partial charge in [-0.05, 0) is 12.1 Å². The Bertz CT molecular complexity index is 26.5. The highest BCUT2D eigenvalue weighted by atomic mass is 35.5. The van der Waals surface area contributed by atoms with Gasteiger partial charge >= 0.3 is 0 Å². The van der Waals surface area contributed by atoms with Crippen LogP contribution in [-0.2, 0) is 0 Å². The van der Waals surface area contributed by atoms with Crippen LogP contribution in [0.4, 0.5) is 0 Å². The Labute approximate surface area is 64.4 Å². The second-order valence-electron chi connectivity index (χ2n) is 2.49. The van der Waals surface area contributed by atoms with Gasteiger partial charge in [0.2, 0.25) is 0 Å². The third kappa shape index (κ3) is 7180. The summed E-state index contributed by atoms with van der Waals surface area (Å²) in [5.41, 5.74) is 10.2. The zero-order valence-corrected chi connectivity index (χ0v) is 7.53. The van der Waals surface area contributed by atoms with Crippen LogP contribution in [0.1, 0.15) is 27.7 Å². The van der Waals surface area contributed by atoms with Gasteiger partial charge in [0.25, 0.3) is 0 Å². The van der Waals surface area contributed by atoms with Crippen LogP contribution < -0.4 is 11.5 Å². The minimum Gasteiger partial charge on any atom is -0.328 e. The quantitative estimate of drug-likeness (QED) is 0.550. The van der Waals surface area contributed by atoms with Crippen LogP contribution in [0.25, 0.3) is 0 Å². The van der Waals surface area contributed by atoms with Crippen LogP contribution in [0.5, 0.6) is 0 Å². The summed E-state index contributed by atoms with van der Waals surface area (Å²) in [6.07, 6.45) is 0. The van der Waals surface area contributed by atoms with Gasteiger partial charge in [-0.15, -0.1) is 12.4 Å². The van der Waals surface area contributed by atoms with E-state index in [2.05, 4.69) is 0 Å². The van der Waals surface area contributed by atoms with Gasteiger partial charge in [-0.2, -0.15) is 0 Å². The molecule has 60 valence electrons. The molecule has 0 spiro atoms.